The summed E-state index contributed by atoms with van der Waals surface area (Å²) in [5.41, 5.74) is 0. The molecule has 6 heteroatoms. The van der Waals surface area contributed by atoms with Crippen LogP contribution in [0.3, 0.4) is 0 Å². The molecule has 0 bridgehead atoms. The molecule has 0 amide bonds. The lowest BCUT2D eigenvalue weighted by molar-refractivity contribution is 0.413. The van der Waals surface area contributed by atoms with Crippen LogP contribution in [0.15, 0.2) is 41.3 Å². The third-order valence-corrected chi connectivity index (χ3v) is 6.72. The van der Waals surface area contributed by atoms with Gasteiger partial charge in [-0.25, -0.2) is 8.42 Å². The molecule has 2 rings (SSSR count). The Morgan fingerprint density at radius 2 is 1.62 bits per heavy atom. The van der Waals surface area contributed by atoms with Crippen molar-refractivity contribution in [3.63, 3.8) is 0 Å². The van der Waals surface area contributed by atoms with E-state index in [1.165, 1.54) is 0 Å². The summed E-state index contributed by atoms with van der Waals surface area (Å²) in [5, 5.41) is 2.00. The second kappa shape index (κ2) is 9.04. The van der Waals surface area contributed by atoms with Crippen LogP contribution >= 0.6 is 23.2 Å². The molecule has 2 aromatic carbocycles. The van der Waals surface area contributed by atoms with Gasteiger partial charge < -0.3 is 0 Å². The van der Waals surface area contributed by atoms with E-state index in [0.29, 0.717) is 34.3 Å². The van der Waals surface area contributed by atoms with Crippen LogP contribution in [-0.2, 0) is 10.0 Å². The van der Waals surface area contributed by atoms with Crippen molar-refractivity contribution >= 4 is 44.0 Å². The number of hydrogen-bond acceptors (Lipinski definition) is 2. The van der Waals surface area contributed by atoms with Crippen LogP contribution < -0.4 is 0 Å². The van der Waals surface area contributed by atoms with E-state index in [9.17, 15) is 8.42 Å². The molecule has 3 nitrogen and oxygen atoms in total. The van der Waals surface area contributed by atoms with E-state index >= 15 is 0 Å². The average Bonchev–Trinajstić information content (AvgIpc) is 2.58. The lowest BCUT2D eigenvalue weighted by atomic mass is 10.1. The minimum atomic E-state index is -3.54. The Hall–Kier alpha value is -0.810. The van der Waals surface area contributed by atoms with Gasteiger partial charge in [0.05, 0.1) is 4.90 Å². The average molecular weight is 388 g/mol. The molecule has 132 valence electrons. The quantitative estimate of drug-likeness (QED) is 0.432. The highest BCUT2D eigenvalue weighted by Gasteiger charge is 2.24. The van der Waals surface area contributed by atoms with E-state index in [0.717, 1.165) is 31.1 Å². The lowest BCUT2D eigenvalue weighted by Crippen LogP contribution is -2.32. The van der Waals surface area contributed by atoms with Crippen LogP contribution in [0.25, 0.3) is 10.8 Å². The van der Waals surface area contributed by atoms with Crippen molar-refractivity contribution in [3.8, 4) is 0 Å². The molecule has 0 unspecified atom stereocenters. The SMILES string of the molecule is CCN(CCCCCCCl)S(=O)(=O)c1cccc2c(Cl)cccc12. The number of alkyl halides is 1. The van der Waals surface area contributed by atoms with Gasteiger partial charge in [0.15, 0.2) is 0 Å². The van der Waals surface area contributed by atoms with Gasteiger partial charge in [-0.05, 0) is 25.0 Å². The van der Waals surface area contributed by atoms with E-state index in [-0.39, 0.29) is 0 Å². The fraction of sp³-hybridized carbons (Fsp3) is 0.444. The van der Waals surface area contributed by atoms with Crippen LogP contribution in [0, 0.1) is 0 Å². The molecule has 0 saturated heterocycles. The third kappa shape index (κ3) is 4.42. The summed E-state index contributed by atoms with van der Waals surface area (Å²) < 4.78 is 27.7. The molecular weight excluding hydrogens is 365 g/mol. The van der Waals surface area contributed by atoms with Gasteiger partial charge in [-0.1, -0.05) is 55.6 Å². The zero-order valence-corrected chi connectivity index (χ0v) is 16.2. The zero-order chi connectivity index (χ0) is 17.6. The number of rotatable bonds is 9. The highest BCUT2D eigenvalue weighted by molar-refractivity contribution is 7.89. The molecule has 0 saturated carbocycles. The van der Waals surface area contributed by atoms with Crippen molar-refractivity contribution in [3.05, 3.63) is 41.4 Å². The fourth-order valence-corrected chi connectivity index (χ4v) is 4.91. The van der Waals surface area contributed by atoms with Crippen molar-refractivity contribution in [2.75, 3.05) is 19.0 Å². The Morgan fingerprint density at radius 1 is 0.958 bits per heavy atom. The predicted octanol–water partition coefficient (Wildman–Crippen LogP) is 5.30. The smallest absolute Gasteiger partial charge is 0.207 e. The largest absolute Gasteiger partial charge is 0.243 e. The minimum absolute atomic E-state index is 0.324. The number of sulfonamides is 1. The van der Waals surface area contributed by atoms with Crippen molar-refractivity contribution in [1.29, 1.82) is 0 Å². The molecule has 0 aliphatic rings. The van der Waals surface area contributed by atoms with E-state index < -0.39 is 10.0 Å². The normalized spacial score (nSPS) is 12.2. The predicted molar refractivity (Wildman–Crippen MR) is 103 cm³/mol. The van der Waals surface area contributed by atoms with Crippen LogP contribution in [0.2, 0.25) is 5.02 Å². The number of fused-ring (bicyclic) bond motifs is 1. The first-order valence-corrected chi connectivity index (χ1v) is 10.6. The summed E-state index contributed by atoms with van der Waals surface area (Å²) in [6, 6.07) is 10.6. The summed E-state index contributed by atoms with van der Waals surface area (Å²) in [4.78, 5) is 0.324. The Bertz CT molecular complexity index is 778. The maximum absolute atomic E-state index is 13.1. The van der Waals surface area contributed by atoms with Crippen LogP contribution in [0.4, 0.5) is 0 Å². The summed E-state index contributed by atoms with van der Waals surface area (Å²) in [6.07, 6.45) is 3.84. The van der Waals surface area contributed by atoms with E-state index in [2.05, 4.69) is 0 Å². The molecule has 0 aliphatic heterocycles. The van der Waals surface area contributed by atoms with Gasteiger partial charge in [-0.2, -0.15) is 4.31 Å². The molecule has 0 spiro atoms. The first-order chi connectivity index (χ1) is 11.5. The Labute approximate surface area is 154 Å². The van der Waals surface area contributed by atoms with Crippen LogP contribution in [0.1, 0.15) is 32.6 Å². The summed E-state index contributed by atoms with van der Waals surface area (Å²) in [7, 11) is -3.54. The van der Waals surface area contributed by atoms with Gasteiger partial charge in [0.25, 0.3) is 0 Å². The van der Waals surface area contributed by atoms with Gasteiger partial charge in [-0.3, -0.25) is 0 Å². The molecule has 0 radical (unpaired) electrons. The number of unbranched alkanes of at least 4 members (excludes halogenated alkanes) is 3. The molecule has 0 aromatic heterocycles. The van der Waals surface area contributed by atoms with Gasteiger partial charge in [0, 0.05) is 34.8 Å². The van der Waals surface area contributed by atoms with Crippen molar-refractivity contribution in [2.45, 2.75) is 37.5 Å². The van der Waals surface area contributed by atoms with Crippen molar-refractivity contribution in [2.24, 2.45) is 0 Å². The number of benzene rings is 2. The molecule has 0 N–H and O–H groups in total. The third-order valence-electron chi connectivity index (χ3n) is 4.09. The number of halogens is 2. The molecule has 0 aliphatic carbocycles. The molecular formula is C18H23Cl2NO2S. The highest BCUT2D eigenvalue weighted by Crippen LogP contribution is 2.30. The van der Waals surface area contributed by atoms with Crippen LogP contribution in [0.5, 0.6) is 0 Å². The zero-order valence-electron chi connectivity index (χ0n) is 13.8. The molecule has 24 heavy (non-hydrogen) atoms. The lowest BCUT2D eigenvalue weighted by Gasteiger charge is -2.21. The Morgan fingerprint density at radius 3 is 2.33 bits per heavy atom. The summed E-state index contributed by atoms with van der Waals surface area (Å²) >= 11 is 11.9. The highest BCUT2D eigenvalue weighted by atomic mass is 35.5. The number of hydrogen-bond donors (Lipinski definition) is 0. The van der Waals surface area contributed by atoms with E-state index in [1.807, 2.05) is 19.1 Å². The second-order valence-electron chi connectivity index (χ2n) is 5.69. The van der Waals surface area contributed by atoms with Gasteiger partial charge in [0.1, 0.15) is 0 Å². The molecule has 0 atom stereocenters. The van der Waals surface area contributed by atoms with Gasteiger partial charge in [0.2, 0.25) is 10.0 Å². The fourth-order valence-electron chi connectivity index (χ4n) is 2.79. The topological polar surface area (TPSA) is 37.4 Å². The standard InChI is InChI=1S/C18H23Cl2NO2S/c1-2-21(14-6-4-3-5-13-19)24(22,23)18-12-8-9-15-16(18)10-7-11-17(15)20/h7-12H,2-6,13-14H2,1H3. The Balaban J connectivity index is 2.26. The molecule has 0 fully saturated rings. The molecule has 2 aromatic rings. The first kappa shape index (κ1) is 19.5. The summed E-state index contributed by atoms with van der Waals surface area (Å²) in [6.45, 7) is 2.85. The van der Waals surface area contributed by atoms with Crippen LogP contribution in [-0.4, -0.2) is 31.7 Å². The maximum Gasteiger partial charge on any atom is 0.243 e. The van der Waals surface area contributed by atoms with E-state index in [1.54, 1.807) is 28.6 Å². The maximum atomic E-state index is 13.1. The monoisotopic (exact) mass is 387 g/mol. The summed E-state index contributed by atoms with van der Waals surface area (Å²) in [5.74, 6) is 0.659. The van der Waals surface area contributed by atoms with Gasteiger partial charge >= 0.3 is 0 Å². The minimum Gasteiger partial charge on any atom is -0.207 e. The van der Waals surface area contributed by atoms with Crippen molar-refractivity contribution < 1.29 is 8.42 Å². The van der Waals surface area contributed by atoms with Gasteiger partial charge in [-0.15, -0.1) is 11.6 Å². The number of nitrogens with zero attached hydrogens (tertiary/aromatic N) is 1. The van der Waals surface area contributed by atoms with Crippen molar-refractivity contribution in [1.82, 2.24) is 4.31 Å². The second-order valence-corrected chi connectivity index (χ2v) is 8.38. The Kier molecular flexibility index (Phi) is 7.35. The van der Waals surface area contributed by atoms with E-state index in [4.69, 9.17) is 23.2 Å². The molecule has 0 heterocycles. The first-order valence-electron chi connectivity index (χ1n) is 8.25.